The minimum Gasteiger partial charge on any atom is -0.480 e. The largest absolute Gasteiger partial charge is 0.480 e. The summed E-state index contributed by atoms with van der Waals surface area (Å²) in [6.45, 7) is 4.00. The first-order valence-electron chi connectivity index (χ1n) is 9.54. The molecule has 2 aromatic heterocycles. The molecule has 144 valence electrons. The maximum atomic E-state index is 12.6. The first-order chi connectivity index (χ1) is 13.2. The summed E-state index contributed by atoms with van der Waals surface area (Å²) >= 11 is 1.52. The zero-order valence-corrected chi connectivity index (χ0v) is 16.5. The predicted molar refractivity (Wildman–Crippen MR) is 105 cm³/mol. The molecule has 0 spiro atoms. The number of hydrogen-bond acceptors (Lipinski definition) is 7. The van der Waals surface area contributed by atoms with Gasteiger partial charge in [0.2, 0.25) is 11.0 Å². The second kappa shape index (κ2) is 7.80. The van der Waals surface area contributed by atoms with Crippen LogP contribution < -0.4 is 15.0 Å². The van der Waals surface area contributed by atoms with Crippen molar-refractivity contribution in [3.8, 4) is 5.88 Å². The van der Waals surface area contributed by atoms with Crippen molar-refractivity contribution in [3.63, 3.8) is 0 Å². The highest BCUT2D eigenvalue weighted by Gasteiger charge is 2.30. The molecule has 1 aliphatic heterocycles. The second-order valence-electron chi connectivity index (χ2n) is 7.36. The normalized spacial score (nSPS) is 19.0. The number of nitrogens with zero attached hydrogens (tertiary/aromatic N) is 4. The van der Waals surface area contributed by atoms with Crippen LogP contribution in [0.5, 0.6) is 5.88 Å². The molecule has 3 heterocycles. The first-order valence-corrected chi connectivity index (χ1v) is 10.3. The van der Waals surface area contributed by atoms with E-state index in [1.807, 2.05) is 0 Å². The van der Waals surface area contributed by atoms with E-state index >= 15 is 0 Å². The Balaban J connectivity index is 1.31. The highest BCUT2D eigenvalue weighted by Crippen LogP contribution is 2.40. The number of anilines is 1. The third-order valence-corrected chi connectivity index (χ3v) is 6.25. The van der Waals surface area contributed by atoms with Gasteiger partial charge in [0.15, 0.2) is 0 Å². The predicted octanol–water partition coefficient (Wildman–Crippen LogP) is 2.85. The van der Waals surface area contributed by atoms with Gasteiger partial charge in [-0.05, 0) is 50.7 Å². The molecule has 1 saturated heterocycles. The van der Waals surface area contributed by atoms with E-state index in [1.54, 1.807) is 18.3 Å². The summed E-state index contributed by atoms with van der Waals surface area (Å²) in [7, 11) is 1.53. The average molecular weight is 388 g/mol. The lowest BCUT2D eigenvalue weighted by atomic mass is 9.90. The molecule has 2 aliphatic rings. The van der Waals surface area contributed by atoms with Gasteiger partial charge in [0.25, 0.3) is 5.91 Å². The maximum absolute atomic E-state index is 12.6. The average Bonchev–Trinajstić information content (AvgIpc) is 3.44. The number of pyridine rings is 1. The standard InChI is InChI=1S/C19H25N5O2S/c1-12(21-17(25)15-4-3-9-20-18(15)26-2)13-7-10-24(11-8-13)19-22-16(23-27-19)14-5-6-14/h3-4,9,12-14H,5-8,10-11H2,1-2H3,(H,21,25)/t12-/m1/s1. The van der Waals surface area contributed by atoms with Crippen LogP contribution in [0.4, 0.5) is 5.13 Å². The Morgan fingerprint density at radius 3 is 2.81 bits per heavy atom. The quantitative estimate of drug-likeness (QED) is 0.821. The fourth-order valence-corrected chi connectivity index (χ4v) is 4.38. The van der Waals surface area contributed by atoms with Crippen molar-refractivity contribution in [1.82, 2.24) is 19.7 Å². The number of piperidine rings is 1. The van der Waals surface area contributed by atoms with Crippen molar-refractivity contribution < 1.29 is 9.53 Å². The lowest BCUT2D eigenvalue weighted by molar-refractivity contribution is 0.0918. The van der Waals surface area contributed by atoms with Crippen molar-refractivity contribution in [1.29, 1.82) is 0 Å². The number of rotatable bonds is 6. The van der Waals surface area contributed by atoms with Crippen LogP contribution in [0.1, 0.15) is 54.7 Å². The van der Waals surface area contributed by atoms with Crippen molar-refractivity contribution in [2.45, 2.75) is 44.6 Å². The molecule has 1 saturated carbocycles. The molecule has 8 heteroatoms. The van der Waals surface area contributed by atoms with Gasteiger partial charge in [-0.25, -0.2) is 9.97 Å². The summed E-state index contributed by atoms with van der Waals surface area (Å²) in [5.41, 5.74) is 0.478. The summed E-state index contributed by atoms with van der Waals surface area (Å²) in [4.78, 5) is 23.7. The lowest BCUT2D eigenvalue weighted by Gasteiger charge is -2.34. The summed E-state index contributed by atoms with van der Waals surface area (Å²) in [6, 6.07) is 3.59. The Morgan fingerprint density at radius 1 is 1.33 bits per heavy atom. The molecule has 4 rings (SSSR count). The lowest BCUT2D eigenvalue weighted by Crippen LogP contribution is -2.44. The Morgan fingerprint density at radius 2 is 2.11 bits per heavy atom. The minimum absolute atomic E-state index is 0.0982. The Hall–Kier alpha value is -2.22. The molecule has 27 heavy (non-hydrogen) atoms. The van der Waals surface area contributed by atoms with E-state index in [0.29, 0.717) is 23.3 Å². The number of aromatic nitrogens is 3. The van der Waals surface area contributed by atoms with Gasteiger partial charge in [0.05, 0.1) is 7.11 Å². The van der Waals surface area contributed by atoms with Crippen LogP contribution >= 0.6 is 11.5 Å². The van der Waals surface area contributed by atoms with Crippen LogP contribution in [0.15, 0.2) is 18.3 Å². The SMILES string of the molecule is COc1ncccc1C(=O)N[C@H](C)C1CCN(c2nc(C3CC3)ns2)CC1. The molecule has 0 unspecified atom stereocenters. The maximum Gasteiger partial charge on any atom is 0.256 e. The fourth-order valence-electron chi connectivity index (χ4n) is 3.58. The van der Waals surface area contributed by atoms with Crippen molar-refractivity contribution in [2.75, 3.05) is 25.1 Å². The number of carbonyl (C=O) groups is 1. The number of carbonyl (C=O) groups excluding carboxylic acids is 1. The van der Waals surface area contributed by atoms with Gasteiger partial charge in [0.1, 0.15) is 11.4 Å². The number of ether oxygens (including phenoxy) is 1. The molecule has 2 fully saturated rings. The van der Waals surface area contributed by atoms with E-state index < -0.39 is 0 Å². The van der Waals surface area contributed by atoms with Crippen LogP contribution in [-0.4, -0.2) is 46.5 Å². The summed E-state index contributed by atoms with van der Waals surface area (Å²) in [6.07, 6.45) is 6.15. The van der Waals surface area contributed by atoms with Gasteiger partial charge < -0.3 is 15.0 Å². The van der Waals surface area contributed by atoms with E-state index in [0.717, 1.165) is 36.9 Å². The number of methoxy groups -OCH3 is 1. The number of nitrogens with one attached hydrogen (secondary N) is 1. The third kappa shape index (κ3) is 4.05. The van der Waals surface area contributed by atoms with Crippen LogP contribution in [-0.2, 0) is 0 Å². The van der Waals surface area contributed by atoms with Crippen LogP contribution in [0.25, 0.3) is 0 Å². The minimum atomic E-state index is -0.131. The van der Waals surface area contributed by atoms with Gasteiger partial charge in [-0.2, -0.15) is 4.37 Å². The van der Waals surface area contributed by atoms with Crippen molar-refractivity contribution >= 4 is 22.6 Å². The third-order valence-electron chi connectivity index (χ3n) is 5.46. The van der Waals surface area contributed by atoms with Crippen molar-refractivity contribution in [2.24, 2.45) is 5.92 Å². The van der Waals surface area contributed by atoms with Gasteiger partial charge in [-0.1, -0.05) is 0 Å². The highest BCUT2D eigenvalue weighted by atomic mass is 32.1. The fraction of sp³-hybridized carbons (Fsp3) is 0.579. The van der Waals surface area contributed by atoms with Crippen LogP contribution in [0.3, 0.4) is 0 Å². The van der Waals surface area contributed by atoms with E-state index in [1.165, 1.54) is 31.5 Å². The molecule has 1 atom stereocenters. The van der Waals surface area contributed by atoms with Gasteiger partial charge in [-0.3, -0.25) is 4.79 Å². The van der Waals surface area contributed by atoms with Crippen molar-refractivity contribution in [3.05, 3.63) is 29.7 Å². The molecular weight excluding hydrogens is 362 g/mol. The molecule has 0 aromatic carbocycles. The molecule has 1 aliphatic carbocycles. The van der Waals surface area contributed by atoms with Gasteiger partial charge >= 0.3 is 0 Å². The zero-order valence-electron chi connectivity index (χ0n) is 15.7. The molecule has 0 bridgehead atoms. The van der Waals surface area contributed by atoms with Gasteiger partial charge in [0, 0.05) is 42.8 Å². The molecule has 1 amide bonds. The van der Waals surface area contributed by atoms with E-state index in [4.69, 9.17) is 9.72 Å². The van der Waals surface area contributed by atoms with Crippen LogP contribution in [0, 0.1) is 5.92 Å². The van der Waals surface area contributed by atoms with E-state index in [2.05, 4.69) is 26.5 Å². The molecule has 0 radical (unpaired) electrons. The Kier molecular flexibility index (Phi) is 5.24. The highest BCUT2D eigenvalue weighted by molar-refractivity contribution is 7.09. The van der Waals surface area contributed by atoms with Gasteiger partial charge in [-0.15, -0.1) is 0 Å². The molecule has 7 nitrogen and oxygen atoms in total. The number of amides is 1. The Labute approximate surface area is 163 Å². The van der Waals surface area contributed by atoms with E-state index in [-0.39, 0.29) is 11.9 Å². The van der Waals surface area contributed by atoms with E-state index in [9.17, 15) is 4.79 Å². The second-order valence-corrected chi connectivity index (χ2v) is 8.09. The molecular formula is C19H25N5O2S. The van der Waals surface area contributed by atoms with Crippen LogP contribution in [0.2, 0.25) is 0 Å². The summed E-state index contributed by atoms with van der Waals surface area (Å²) in [5.74, 6) is 2.31. The first kappa shape index (κ1) is 18.2. The molecule has 2 aromatic rings. The smallest absolute Gasteiger partial charge is 0.256 e. The molecule has 1 N–H and O–H groups in total. The zero-order chi connectivity index (χ0) is 18.8. The summed E-state index contributed by atoms with van der Waals surface area (Å²) < 4.78 is 9.70. The topological polar surface area (TPSA) is 80.2 Å². The Bertz CT molecular complexity index is 799. The number of hydrogen-bond donors (Lipinski definition) is 1. The monoisotopic (exact) mass is 387 g/mol. The summed E-state index contributed by atoms with van der Waals surface area (Å²) in [5, 5.41) is 4.17.